The largest absolute Gasteiger partial charge is 0.322 e. The van der Waals surface area contributed by atoms with Gasteiger partial charge in [0.15, 0.2) is 5.82 Å². The molecule has 27 heavy (non-hydrogen) atoms. The number of hydrogen-bond donors (Lipinski definition) is 1. The van der Waals surface area contributed by atoms with Crippen molar-refractivity contribution in [3.05, 3.63) is 48.3 Å². The van der Waals surface area contributed by atoms with Crippen molar-refractivity contribution in [1.82, 2.24) is 19.5 Å². The van der Waals surface area contributed by atoms with Crippen LogP contribution in [0.4, 0.5) is 14.9 Å². The maximum atomic E-state index is 13.5. The maximum Gasteiger partial charge on any atom is 0.322 e. The zero-order valence-electron chi connectivity index (χ0n) is 15.0. The van der Waals surface area contributed by atoms with Crippen LogP contribution in [0.5, 0.6) is 0 Å². The van der Waals surface area contributed by atoms with Crippen molar-refractivity contribution in [3.8, 4) is 11.4 Å². The van der Waals surface area contributed by atoms with Crippen molar-refractivity contribution in [3.63, 3.8) is 0 Å². The number of fused-ring (bicyclic) bond motifs is 3. The second kappa shape index (κ2) is 6.04. The van der Waals surface area contributed by atoms with E-state index in [0.29, 0.717) is 24.4 Å². The van der Waals surface area contributed by atoms with Crippen LogP contribution in [0.1, 0.15) is 24.8 Å². The van der Waals surface area contributed by atoms with Crippen molar-refractivity contribution < 1.29 is 9.18 Å². The Hall–Kier alpha value is -2.96. The molecule has 3 aromatic rings. The van der Waals surface area contributed by atoms with Gasteiger partial charge in [0.1, 0.15) is 6.17 Å². The highest BCUT2D eigenvalue weighted by molar-refractivity contribution is 5.91. The number of rotatable bonds is 2. The van der Waals surface area contributed by atoms with Crippen molar-refractivity contribution in [2.75, 3.05) is 5.32 Å². The summed E-state index contributed by atoms with van der Waals surface area (Å²) < 4.78 is 15.3. The van der Waals surface area contributed by atoms with Crippen LogP contribution < -0.4 is 5.32 Å². The van der Waals surface area contributed by atoms with Gasteiger partial charge in [0, 0.05) is 29.5 Å². The SMILES string of the molecule is Cc1ccc(NC(=O)N2C3CC(F)C[C@@H]2C3)cc1-c1ncc2cccn2n1. The van der Waals surface area contributed by atoms with E-state index in [9.17, 15) is 9.18 Å². The van der Waals surface area contributed by atoms with E-state index in [1.807, 2.05) is 43.5 Å². The highest BCUT2D eigenvalue weighted by Gasteiger charge is 2.48. The Labute approximate surface area is 156 Å². The molecule has 0 aliphatic carbocycles. The Morgan fingerprint density at radius 3 is 2.85 bits per heavy atom. The molecule has 6 nitrogen and oxygen atoms in total. The van der Waals surface area contributed by atoms with E-state index < -0.39 is 6.17 Å². The zero-order chi connectivity index (χ0) is 18.5. The van der Waals surface area contributed by atoms with Gasteiger partial charge in [-0.05, 0) is 56.0 Å². The van der Waals surface area contributed by atoms with Crippen molar-refractivity contribution in [2.45, 2.75) is 44.4 Å². The first-order valence-corrected chi connectivity index (χ1v) is 9.23. The standard InChI is InChI=1S/C20H20FN5O/c1-12-4-5-14(23-20(27)26-16-7-13(21)8-17(26)10-16)9-18(12)19-22-11-15-3-2-6-25(15)24-19/h2-6,9,11,13,16-17H,7-8,10H2,1H3,(H,23,27)/t13?,16-,17?/m1/s1. The molecule has 2 aliphatic rings. The first-order valence-electron chi connectivity index (χ1n) is 9.23. The maximum absolute atomic E-state index is 13.5. The molecule has 4 heterocycles. The zero-order valence-corrected chi connectivity index (χ0v) is 15.0. The number of aromatic nitrogens is 3. The van der Waals surface area contributed by atoms with Crippen molar-refractivity contribution >= 4 is 17.2 Å². The number of carbonyl (C=O) groups excluding carboxylic acids is 1. The molecule has 2 saturated heterocycles. The minimum Gasteiger partial charge on any atom is -0.318 e. The summed E-state index contributed by atoms with van der Waals surface area (Å²) in [6.07, 6.45) is 4.70. The van der Waals surface area contributed by atoms with E-state index in [1.165, 1.54) is 0 Å². The number of nitrogens with zero attached hydrogens (tertiary/aromatic N) is 4. The van der Waals surface area contributed by atoms with Gasteiger partial charge in [0.2, 0.25) is 0 Å². The van der Waals surface area contributed by atoms with Crippen LogP contribution in [0.25, 0.3) is 16.9 Å². The smallest absolute Gasteiger partial charge is 0.318 e. The number of anilines is 1. The fourth-order valence-electron chi connectivity index (χ4n) is 4.23. The molecule has 138 valence electrons. The lowest BCUT2D eigenvalue weighted by atomic mass is 9.79. The summed E-state index contributed by atoms with van der Waals surface area (Å²) in [5.41, 5.74) is 3.52. The van der Waals surface area contributed by atoms with Crippen LogP contribution in [-0.2, 0) is 0 Å². The van der Waals surface area contributed by atoms with Crippen molar-refractivity contribution in [1.29, 1.82) is 0 Å². The van der Waals surface area contributed by atoms with E-state index in [-0.39, 0.29) is 18.1 Å². The molecule has 0 spiro atoms. The minimum atomic E-state index is -0.774. The van der Waals surface area contributed by atoms with E-state index in [1.54, 1.807) is 15.6 Å². The molecular weight excluding hydrogens is 345 g/mol. The Morgan fingerprint density at radius 2 is 2.04 bits per heavy atom. The molecule has 2 fully saturated rings. The number of benzene rings is 1. The minimum absolute atomic E-state index is 0.0307. The Morgan fingerprint density at radius 1 is 1.22 bits per heavy atom. The fourth-order valence-corrected chi connectivity index (χ4v) is 4.23. The van der Waals surface area contributed by atoms with E-state index >= 15 is 0 Å². The van der Waals surface area contributed by atoms with Crippen LogP contribution in [0.3, 0.4) is 0 Å². The number of hydrogen-bond acceptors (Lipinski definition) is 3. The number of halogens is 1. The lowest BCUT2D eigenvalue weighted by molar-refractivity contribution is -0.0202. The Bertz CT molecular complexity index is 1020. The van der Waals surface area contributed by atoms with Gasteiger partial charge in [0.05, 0.1) is 11.7 Å². The fraction of sp³-hybridized carbons (Fsp3) is 0.350. The molecule has 2 aliphatic heterocycles. The van der Waals surface area contributed by atoms with Gasteiger partial charge in [-0.2, -0.15) is 0 Å². The molecule has 2 bridgehead atoms. The number of urea groups is 1. The highest BCUT2D eigenvalue weighted by Crippen LogP contribution is 2.40. The Kier molecular flexibility index (Phi) is 3.63. The van der Waals surface area contributed by atoms with Gasteiger partial charge < -0.3 is 10.2 Å². The predicted octanol–water partition coefficient (Wildman–Crippen LogP) is 3.81. The quantitative estimate of drug-likeness (QED) is 0.751. The van der Waals surface area contributed by atoms with Gasteiger partial charge in [-0.3, -0.25) is 0 Å². The predicted molar refractivity (Wildman–Crippen MR) is 100 cm³/mol. The van der Waals surface area contributed by atoms with Gasteiger partial charge >= 0.3 is 6.03 Å². The molecule has 0 radical (unpaired) electrons. The molecule has 0 saturated carbocycles. The first kappa shape index (κ1) is 16.2. The molecular formula is C20H20FN5O. The van der Waals surface area contributed by atoms with Crippen LogP contribution in [0.15, 0.2) is 42.7 Å². The average molecular weight is 365 g/mol. The van der Waals surface area contributed by atoms with Crippen LogP contribution in [0.2, 0.25) is 0 Å². The summed E-state index contributed by atoms with van der Waals surface area (Å²) in [5.74, 6) is 0.605. The van der Waals surface area contributed by atoms with Crippen molar-refractivity contribution in [2.24, 2.45) is 0 Å². The molecule has 1 aromatic carbocycles. The lowest BCUT2D eigenvalue weighted by Gasteiger charge is -2.53. The van der Waals surface area contributed by atoms with Gasteiger partial charge in [-0.15, -0.1) is 5.10 Å². The molecule has 3 atom stereocenters. The lowest BCUT2D eigenvalue weighted by Crippen LogP contribution is -2.64. The summed E-state index contributed by atoms with van der Waals surface area (Å²) in [4.78, 5) is 18.9. The number of piperidine rings is 1. The average Bonchev–Trinajstić information content (AvgIpc) is 3.10. The number of aryl methyl sites for hydroxylation is 1. The summed E-state index contributed by atoms with van der Waals surface area (Å²) in [6.45, 7) is 1.99. The third-order valence-corrected chi connectivity index (χ3v) is 5.63. The molecule has 1 N–H and O–H groups in total. The third kappa shape index (κ3) is 2.74. The van der Waals surface area contributed by atoms with E-state index in [2.05, 4.69) is 15.4 Å². The number of alkyl halides is 1. The first-order chi connectivity index (χ1) is 13.1. The van der Waals surface area contributed by atoms with Crippen LogP contribution in [0, 0.1) is 6.92 Å². The van der Waals surface area contributed by atoms with Crippen LogP contribution >= 0.6 is 0 Å². The monoisotopic (exact) mass is 365 g/mol. The van der Waals surface area contributed by atoms with Gasteiger partial charge in [-0.1, -0.05) is 6.07 Å². The van der Waals surface area contributed by atoms with E-state index in [4.69, 9.17) is 0 Å². The van der Waals surface area contributed by atoms with E-state index in [0.717, 1.165) is 23.1 Å². The number of nitrogens with one attached hydrogen (secondary N) is 1. The summed E-state index contributed by atoms with van der Waals surface area (Å²) in [6, 6.07) is 9.49. The Balaban J connectivity index is 1.39. The number of amides is 2. The van der Waals surface area contributed by atoms with Gasteiger partial charge in [-0.25, -0.2) is 18.7 Å². The second-order valence-electron chi connectivity index (χ2n) is 7.44. The molecule has 2 unspecified atom stereocenters. The molecule has 2 aromatic heterocycles. The van der Waals surface area contributed by atoms with Crippen LogP contribution in [-0.4, -0.2) is 43.8 Å². The van der Waals surface area contributed by atoms with Gasteiger partial charge in [0.25, 0.3) is 0 Å². The molecule has 2 amide bonds. The third-order valence-electron chi connectivity index (χ3n) is 5.63. The topological polar surface area (TPSA) is 62.5 Å². The molecule has 5 rings (SSSR count). The number of carbonyl (C=O) groups is 1. The highest BCUT2D eigenvalue weighted by atomic mass is 19.1. The normalized spacial score (nSPS) is 23.9. The molecule has 7 heteroatoms. The summed E-state index contributed by atoms with van der Waals surface area (Å²) >= 11 is 0. The second-order valence-corrected chi connectivity index (χ2v) is 7.44. The summed E-state index contributed by atoms with van der Waals surface area (Å²) in [5, 5.41) is 7.50. The summed E-state index contributed by atoms with van der Waals surface area (Å²) in [7, 11) is 0.